The Hall–Kier alpha value is -3.54. The van der Waals surface area contributed by atoms with Crippen LogP contribution >= 0.6 is 0 Å². The van der Waals surface area contributed by atoms with Gasteiger partial charge in [0.1, 0.15) is 23.9 Å². The lowest BCUT2D eigenvalue weighted by molar-refractivity contribution is -0.118. The average molecular weight is 391 g/mol. The van der Waals surface area contributed by atoms with Gasteiger partial charge >= 0.3 is 0 Å². The molecule has 1 aromatic heterocycles. The lowest BCUT2D eigenvalue weighted by Crippen LogP contribution is -2.06. The zero-order valence-electron chi connectivity index (χ0n) is 16.5. The maximum atomic E-state index is 12.8. The van der Waals surface area contributed by atoms with E-state index in [1.165, 1.54) is 6.92 Å². The lowest BCUT2D eigenvalue weighted by atomic mass is 10.1. The fourth-order valence-electron chi connectivity index (χ4n) is 3.39. The molecule has 2 heterocycles. The standard InChI is InChI=1S/C23H21NO5/c1-4-24-12-15(19-10-16(27-3)6-8-20(19)24)9-22-23(26)18-7-5-17(11-21(18)29-22)28-13-14(2)25/h5-12H,4,13H2,1-3H3. The second-order valence-corrected chi connectivity index (χ2v) is 6.84. The molecule has 1 aliphatic rings. The van der Waals surface area contributed by atoms with Crippen LogP contribution in [0.2, 0.25) is 0 Å². The minimum Gasteiger partial charge on any atom is -0.497 e. The summed E-state index contributed by atoms with van der Waals surface area (Å²) in [5.74, 6) is 1.66. The number of ketones is 2. The van der Waals surface area contributed by atoms with Crippen LogP contribution in [0.25, 0.3) is 17.0 Å². The number of carbonyl (C=O) groups is 2. The molecule has 1 aliphatic heterocycles. The highest BCUT2D eigenvalue weighted by Gasteiger charge is 2.28. The van der Waals surface area contributed by atoms with Gasteiger partial charge in [-0.3, -0.25) is 9.59 Å². The number of rotatable bonds is 6. The third-order valence-corrected chi connectivity index (χ3v) is 4.83. The van der Waals surface area contributed by atoms with E-state index in [-0.39, 0.29) is 23.9 Å². The minimum atomic E-state index is -0.182. The van der Waals surface area contributed by atoms with Crippen LogP contribution in [0.5, 0.6) is 17.2 Å². The first-order valence-electron chi connectivity index (χ1n) is 9.37. The Labute approximate surface area is 168 Å². The molecule has 6 nitrogen and oxygen atoms in total. The molecule has 0 unspecified atom stereocenters. The quantitative estimate of drug-likeness (QED) is 0.588. The van der Waals surface area contributed by atoms with E-state index in [4.69, 9.17) is 14.2 Å². The number of aryl methyl sites for hydroxylation is 1. The number of hydrogen-bond donors (Lipinski definition) is 0. The Morgan fingerprint density at radius 1 is 1.17 bits per heavy atom. The number of methoxy groups -OCH3 is 1. The van der Waals surface area contributed by atoms with Crippen LogP contribution in [-0.2, 0) is 11.3 Å². The number of Topliss-reactive ketones (excluding diaryl/α,β-unsaturated/α-hetero) is 2. The van der Waals surface area contributed by atoms with Crippen molar-refractivity contribution in [3.63, 3.8) is 0 Å². The molecular formula is C23H21NO5. The molecule has 148 valence electrons. The highest BCUT2D eigenvalue weighted by Crippen LogP contribution is 2.36. The molecule has 6 heteroatoms. The molecule has 2 aromatic carbocycles. The first kappa shape index (κ1) is 18.8. The van der Waals surface area contributed by atoms with Gasteiger partial charge in [0.2, 0.25) is 5.78 Å². The first-order chi connectivity index (χ1) is 14.0. The number of benzene rings is 2. The van der Waals surface area contributed by atoms with Crippen molar-refractivity contribution in [3.8, 4) is 17.2 Å². The van der Waals surface area contributed by atoms with E-state index in [2.05, 4.69) is 11.5 Å². The van der Waals surface area contributed by atoms with Crippen LogP contribution in [0.3, 0.4) is 0 Å². The van der Waals surface area contributed by atoms with Crippen LogP contribution in [0, 0.1) is 0 Å². The number of hydrogen-bond acceptors (Lipinski definition) is 5. The normalized spacial score (nSPS) is 14.2. The zero-order valence-corrected chi connectivity index (χ0v) is 16.5. The molecule has 0 saturated heterocycles. The highest BCUT2D eigenvalue weighted by atomic mass is 16.5. The predicted octanol–water partition coefficient (Wildman–Crippen LogP) is 4.25. The summed E-state index contributed by atoms with van der Waals surface area (Å²) in [6, 6.07) is 10.8. The van der Waals surface area contributed by atoms with Crippen LogP contribution in [0.4, 0.5) is 0 Å². The van der Waals surface area contributed by atoms with Crippen LogP contribution < -0.4 is 14.2 Å². The second kappa shape index (κ2) is 7.47. The van der Waals surface area contributed by atoms with Crippen molar-refractivity contribution in [2.75, 3.05) is 13.7 Å². The Bertz CT molecular complexity index is 1160. The van der Waals surface area contributed by atoms with Gasteiger partial charge < -0.3 is 18.8 Å². The third kappa shape index (κ3) is 3.49. The number of carbonyl (C=O) groups excluding carboxylic acids is 2. The maximum absolute atomic E-state index is 12.8. The summed E-state index contributed by atoms with van der Waals surface area (Å²) in [6.45, 7) is 4.30. The molecule has 3 aromatic rings. The molecule has 0 spiro atoms. The molecule has 4 rings (SSSR count). The van der Waals surface area contributed by atoms with Crippen molar-refractivity contribution < 1.29 is 23.8 Å². The SMILES string of the molecule is CCn1cc(C=C2Oc3cc(OCC(C)=O)ccc3C2=O)c2cc(OC)ccc21. The van der Waals surface area contributed by atoms with E-state index in [1.54, 1.807) is 31.4 Å². The first-order valence-corrected chi connectivity index (χ1v) is 9.37. The van der Waals surface area contributed by atoms with Crippen molar-refractivity contribution in [2.45, 2.75) is 20.4 Å². The molecule has 0 fully saturated rings. The minimum absolute atomic E-state index is 0.0201. The van der Waals surface area contributed by atoms with E-state index in [9.17, 15) is 9.59 Å². The Morgan fingerprint density at radius 2 is 1.97 bits per heavy atom. The van der Waals surface area contributed by atoms with Gasteiger partial charge in [-0.05, 0) is 50.3 Å². The summed E-state index contributed by atoms with van der Waals surface area (Å²) >= 11 is 0. The van der Waals surface area contributed by atoms with Crippen LogP contribution in [0.1, 0.15) is 29.8 Å². The van der Waals surface area contributed by atoms with Crippen molar-refractivity contribution in [3.05, 3.63) is 59.5 Å². The van der Waals surface area contributed by atoms with E-state index in [0.29, 0.717) is 17.1 Å². The van der Waals surface area contributed by atoms with Crippen molar-refractivity contribution in [1.82, 2.24) is 4.57 Å². The number of fused-ring (bicyclic) bond motifs is 2. The summed E-state index contributed by atoms with van der Waals surface area (Å²) < 4.78 is 18.7. The van der Waals surface area contributed by atoms with E-state index < -0.39 is 0 Å². The highest BCUT2D eigenvalue weighted by molar-refractivity contribution is 6.15. The predicted molar refractivity (Wildman–Crippen MR) is 110 cm³/mol. The maximum Gasteiger partial charge on any atom is 0.231 e. The molecule has 0 aliphatic carbocycles. The van der Waals surface area contributed by atoms with E-state index in [1.807, 2.05) is 24.4 Å². The monoisotopic (exact) mass is 391 g/mol. The fraction of sp³-hybridized carbons (Fsp3) is 0.217. The molecule has 0 saturated carbocycles. The number of allylic oxidation sites excluding steroid dienone is 1. The largest absolute Gasteiger partial charge is 0.497 e. The number of ether oxygens (including phenoxy) is 3. The topological polar surface area (TPSA) is 66.8 Å². The van der Waals surface area contributed by atoms with Crippen molar-refractivity contribution in [1.29, 1.82) is 0 Å². The van der Waals surface area contributed by atoms with Gasteiger partial charge in [0, 0.05) is 35.3 Å². The molecule has 0 amide bonds. The summed E-state index contributed by atoms with van der Waals surface area (Å²) in [5.41, 5.74) is 2.41. The molecule has 0 atom stereocenters. The molecule has 29 heavy (non-hydrogen) atoms. The van der Waals surface area contributed by atoms with Gasteiger partial charge in [0.15, 0.2) is 11.5 Å². The molecule has 0 radical (unpaired) electrons. The van der Waals surface area contributed by atoms with Crippen LogP contribution in [-0.4, -0.2) is 29.9 Å². The van der Waals surface area contributed by atoms with Gasteiger partial charge in [0.05, 0.1) is 12.7 Å². The number of nitrogens with zero attached hydrogens (tertiary/aromatic N) is 1. The molecule has 0 bridgehead atoms. The van der Waals surface area contributed by atoms with Gasteiger partial charge in [-0.2, -0.15) is 0 Å². The Morgan fingerprint density at radius 3 is 2.69 bits per heavy atom. The summed E-state index contributed by atoms with van der Waals surface area (Å²) in [7, 11) is 1.63. The van der Waals surface area contributed by atoms with Gasteiger partial charge in [-0.25, -0.2) is 0 Å². The van der Waals surface area contributed by atoms with Gasteiger partial charge in [-0.1, -0.05) is 0 Å². The molecular weight excluding hydrogens is 370 g/mol. The summed E-state index contributed by atoms with van der Waals surface area (Å²) in [6.07, 6.45) is 3.75. The van der Waals surface area contributed by atoms with Gasteiger partial charge in [-0.15, -0.1) is 0 Å². The number of aromatic nitrogens is 1. The van der Waals surface area contributed by atoms with Crippen molar-refractivity contribution in [2.24, 2.45) is 0 Å². The van der Waals surface area contributed by atoms with Gasteiger partial charge in [0.25, 0.3) is 0 Å². The Kier molecular flexibility index (Phi) is 4.84. The van der Waals surface area contributed by atoms with Crippen molar-refractivity contribution >= 4 is 28.5 Å². The van der Waals surface area contributed by atoms with E-state index >= 15 is 0 Å². The summed E-state index contributed by atoms with van der Waals surface area (Å²) in [5, 5.41) is 0.983. The summed E-state index contributed by atoms with van der Waals surface area (Å²) in [4.78, 5) is 23.9. The zero-order chi connectivity index (χ0) is 20.5. The fourth-order valence-corrected chi connectivity index (χ4v) is 3.39. The molecule has 0 N–H and O–H groups in total. The third-order valence-electron chi connectivity index (χ3n) is 4.83. The van der Waals surface area contributed by atoms with E-state index in [0.717, 1.165) is 28.8 Å². The Balaban J connectivity index is 1.70. The smallest absolute Gasteiger partial charge is 0.231 e. The van der Waals surface area contributed by atoms with Crippen LogP contribution in [0.15, 0.2) is 48.4 Å². The lowest BCUT2D eigenvalue weighted by Gasteiger charge is -2.04. The second-order valence-electron chi connectivity index (χ2n) is 6.84. The average Bonchev–Trinajstić information content (AvgIpc) is 3.23.